The minimum atomic E-state index is -0.828. The molecule has 0 radical (unpaired) electrons. The Morgan fingerprint density at radius 1 is 1.29 bits per heavy atom. The van der Waals surface area contributed by atoms with Gasteiger partial charge in [0, 0.05) is 10.3 Å². The molecule has 0 bridgehead atoms. The van der Waals surface area contributed by atoms with Crippen molar-refractivity contribution in [3.05, 3.63) is 21.9 Å². The molecule has 3 rings (SSSR count). The van der Waals surface area contributed by atoms with Gasteiger partial charge in [0.25, 0.3) is 0 Å². The summed E-state index contributed by atoms with van der Waals surface area (Å²) in [4.78, 5) is 12.6. The zero-order valence-electron chi connectivity index (χ0n) is 17.0. The van der Waals surface area contributed by atoms with Crippen molar-refractivity contribution in [1.29, 1.82) is 0 Å². The van der Waals surface area contributed by atoms with E-state index in [9.17, 15) is 9.90 Å². The Labute approximate surface area is 178 Å². The Hall–Kier alpha value is -0.580. The maximum absolute atomic E-state index is 11.0. The van der Waals surface area contributed by atoms with Gasteiger partial charge in [-0.15, -0.1) is 22.9 Å². The van der Waals surface area contributed by atoms with Crippen LogP contribution in [0.15, 0.2) is 12.1 Å². The van der Waals surface area contributed by atoms with E-state index >= 15 is 0 Å². The van der Waals surface area contributed by atoms with Gasteiger partial charge in [-0.25, -0.2) is 4.79 Å². The van der Waals surface area contributed by atoms with Crippen molar-refractivity contribution in [2.24, 2.45) is 17.3 Å². The minimum Gasteiger partial charge on any atom is -0.477 e. The lowest BCUT2D eigenvalue weighted by atomic mass is 9.62. The van der Waals surface area contributed by atoms with E-state index in [1.54, 1.807) is 6.07 Å². The predicted molar refractivity (Wildman–Crippen MR) is 117 cm³/mol. The number of aliphatic hydroxyl groups excluding tert-OH is 1. The van der Waals surface area contributed by atoms with Crippen LogP contribution in [-0.2, 0) is 6.42 Å². The number of thiophene rings is 1. The van der Waals surface area contributed by atoms with Crippen LogP contribution < -0.4 is 0 Å². The molecule has 2 N–H and O–H groups in total. The molecule has 2 saturated carbocycles. The molecule has 2 fully saturated rings. The van der Waals surface area contributed by atoms with E-state index in [2.05, 4.69) is 6.92 Å². The first-order chi connectivity index (χ1) is 13.4. The molecule has 1 aromatic rings. The maximum atomic E-state index is 11.0. The molecule has 3 nitrogen and oxygen atoms in total. The fourth-order valence-electron chi connectivity index (χ4n) is 5.44. The molecule has 2 aliphatic carbocycles. The van der Waals surface area contributed by atoms with Gasteiger partial charge >= 0.3 is 5.97 Å². The Balaban J connectivity index is 1.41. The number of rotatable bonds is 11. The predicted octanol–water partition coefficient (Wildman–Crippen LogP) is 6.51. The van der Waals surface area contributed by atoms with E-state index in [1.807, 2.05) is 6.07 Å². The SMILES string of the molecule is CCC1(C(O)CCCC2C(Cl)CC[C@@H]2CCCc2ccc(C(=O)O)s2)CCC1. The average Bonchev–Trinajstić information content (AvgIpc) is 3.23. The summed E-state index contributed by atoms with van der Waals surface area (Å²) >= 11 is 8.05. The lowest BCUT2D eigenvalue weighted by molar-refractivity contribution is -0.0437. The average molecular weight is 427 g/mol. The van der Waals surface area contributed by atoms with Crippen molar-refractivity contribution in [2.45, 2.75) is 95.5 Å². The van der Waals surface area contributed by atoms with E-state index in [-0.39, 0.29) is 16.9 Å². The van der Waals surface area contributed by atoms with Gasteiger partial charge in [0.05, 0.1) is 6.10 Å². The highest BCUT2D eigenvalue weighted by Crippen LogP contribution is 2.48. The number of carbonyl (C=O) groups is 1. The van der Waals surface area contributed by atoms with Gasteiger partial charge in [-0.05, 0) is 93.6 Å². The number of aryl methyl sites for hydroxylation is 1. The van der Waals surface area contributed by atoms with Crippen LogP contribution in [0.4, 0.5) is 0 Å². The number of alkyl halides is 1. The van der Waals surface area contributed by atoms with E-state index in [0.717, 1.165) is 44.9 Å². The molecule has 4 atom stereocenters. The number of carboxylic acids is 1. The Morgan fingerprint density at radius 2 is 2.07 bits per heavy atom. The lowest BCUT2D eigenvalue weighted by Gasteiger charge is -2.45. The third kappa shape index (κ3) is 5.12. The largest absolute Gasteiger partial charge is 0.477 e. The topological polar surface area (TPSA) is 57.5 Å². The number of hydrogen-bond acceptors (Lipinski definition) is 3. The molecule has 0 aromatic carbocycles. The van der Waals surface area contributed by atoms with Crippen LogP contribution in [0, 0.1) is 17.3 Å². The van der Waals surface area contributed by atoms with Gasteiger partial charge in [0.1, 0.15) is 4.88 Å². The first kappa shape index (κ1) is 22.1. The van der Waals surface area contributed by atoms with Gasteiger partial charge in [-0.1, -0.05) is 19.8 Å². The zero-order valence-corrected chi connectivity index (χ0v) is 18.6. The molecule has 28 heavy (non-hydrogen) atoms. The summed E-state index contributed by atoms with van der Waals surface area (Å²) in [5.41, 5.74) is 0.213. The molecule has 1 aromatic heterocycles. The minimum absolute atomic E-state index is 0.137. The molecule has 1 heterocycles. The third-order valence-electron chi connectivity index (χ3n) is 7.53. The van der Waals surface area contributed by atoms with Crippen LogP contribution in [0.25, 0.3) is 0 Å². The molecular formula is C23H35ClO3S. The maximum Gasteiger partial charge on any atom is 0.345 e. The van der Waals surface area contributed by atoms with Gasteiger partial charge in [-0.3, -0.25) is 0 Å². The molecule has 0 spiro atoms. The second kappa shape index (κ2) is 9.95. The summed E-state index contributed by atoms with van der Waals surface area (Å²) in [5, 5.41) is 20.0. The monoisotopic (exact) mass is 426 g/mol. The number of aromatic carboxylic acids is 1. The number of carboxylic acid groups (broad SMARTS) is 1. The molecular weight excluding hydrogens is 392 g/mol. The first-order valence-electron chi connectivity index (χ1n) is 11.1. The van der Waals surface area contributed by atoms with E-state index in [0.29, 0.717) is 16.7 Å². The van der Waals surface area contributed by atoms with Crippen molar-refractivity contribution >= 4 is 28.9 Å². The normalized spacial score (nSPS) is 27.5. The number of halogens is 1. The zero-order chi connectivity index (χ0) is 20.1. The highest BCUT2D eigenvalue weighted by Gasteiger charge is 2.41. The highest BCUT2D eigenvalue weighted by molar-refractivity contribution is 7.13. The number of aliphatic hydroxyl groups is 1. The van der Waals surface area contributed by atoms with Crippen LogP contribution >= 0.6 is 22.9 Å². The standard InChI is InChI=1S/C23H35ClO3S/c1-2-23(14-5-15-23)21(25)9-4-8-18-16(10-12-19(18)24)6-3-7-17-11-13-20(28-17)22(26)27/h11,13,16,18-19,21,25H,2-10,12,14-15H2,1H3,(H,26,27)/t16-,18?,19?,21?/m0/s1. The van der Waals surface area contributed by atoms with Crippen LogP contribution in [0.5, 0.6) is 0 Å². The van der Waals surface area contributed by atoms with Crippen LogP contribution in [-0.4, -0.2) is 27.7 Å². The summed E-state index contributed by atoms with van der Waals surface area (Å²) in [6.07, 6.45) is 13.3. The fourth-order valence-corrected chi connectivity index (χ4v) is 6.79. The van der Waals surface area contributed by atoms with Gasteiger partial charge in [0.2, 0.25) is 0 Å². The van der Waals surface area contributed by atoms with E-state index in [4.69, 9.17) is 16.7 Å². The lowest BCUT2D eigenvalue weighted by Crippen LogP contribution is -2.40. The smallest absolute Gasteiger partial charge is 0.345 e. The summed E-state index contributed by atoms with van der Waals surface area (Å²) in [6.45, 7) is 2.22. The Kier molecular flexibility index (Phi) is 7.86. The summed E-state index contributed by atoms with van der Waals surface area (Å²) in [6, 6.07) is 3.67. The molecule has 5 heteroatoms. The second-order valence-electron chi connectivity index (χ2n) is 9.00. The quantitative estimate of drug-likeness (QED) is 0.396. The molecule has 0 aliphatic heterocycles. The van der Waals surface area contributed by atoms with Crippen LogP contribution in [0.3, 0.4) is 0 Å². The molecule has 158 valence electrons. The Bertz CT molecular complexity index is 634. The third-order valence-corrected chi connectivity index (χ3v) is 9.20. The van der Waals surface area contributed by atoms with E-state index in [1.165, 1.54) is 48.3 Å². The molecule has 2 aliphatic rings. The van der Waals surface area contributed by atoms with E-state index < -0.39 is 5.97 Å². The second-order valence-corrected chi connectivity index (χ2v) is 10.7. The first-order valence-corrected chi connectivity index (χ1v) is 12.3. The highest BCUT2D eigenvalue weighted by atomic mass is 35.5. The summed E-state index contributed by atoms with van der Waals surface area (Å²) < 4.78 is 0. The van der Waals surface area contributed by atoms with Crippen LogP contribution in [0.1, 0.15) is 92.1 Å². The fraction of sp³-hybridized carbons (Fsp3) is 0.783. The number of hydrogen-bond donors (Lipinski definition) is 2. The van der Waals surface area contributed by atoms with Gasteiger partial charge in [-0.2, -0.15) is 0 Å². The van der Waals surface area contributed by atoms with Crippen molar-refractivity contribution in [1.82, 2.24) is 0 Å². The summed E-state index contributed by atoms with van der Waals surface area (Å²) in [5.74, 6) is 0.430. The van der Waals surface area contributed by atoms with Crippen molar-refractivity contribution < 1.29 is 15.0 Å². The van der Waals surface area contributed by atoms with Crippen LogP contribution in [0.2, 0.25) is 0 Å². The van der Waals surface area contributed by atoms with Crippen molar-refractivity contribution in [2.75, 3.05) is 0 Å². The van der Waals surface area contributed by atoms with Crippen molar-refractivity contribution in [3.8, 4) is 0 Å². The molecule has 0 saturated heterocycles. The van der Waals surface area contributed by atoms with Crippen molar-refractivity contribution in [3.63, 3.8) is 0 Å². The summed E-state index contributed by atoms with van der Waals surface area (Å²) in [7, 11) is 0. The molecule has 3 unspecified atom stereocenters. The van der Waals surface area contributed by atoms with Gasteiger partial charge < -0.3 is 10.2 Å². The molecule has 0 amide bonds. The Morgan fingerprint density at radius 3 is 2.68 bits per heavy atom. The van der Waals surface area contributed by atoms with Gasteiger partial charge in [0.15, 0.2) is 0 Å².